The Hall–Kier alpha value is -2.73. The minimum Gasteiger partial charge on any atom is -0.497 e. The number of hydrogen-bond acceptors (Lipinski definition) is 4. The van der Waals surface area contributed by atoms with Gasteiger partial charge in [-0.05, 0) is 49.0 Å². The molecule has 0 aliphatic heterocycles. The van der Waals surface area contributed by atoms with Gasteiger partial charge in [-0.25, -0.2) is 0 Å². The van der Waals surface area contributed by atoms with Gasteiger partial charge >= 0.3 is 0 Å². The van der Waals surface area contributed by atoms with Crippen LogP contribution in [0.15, 0.2) is 48.5 Å². The van der Waals surface area contributed by atoms with Crippen molar-refractivity contribution in [2.24, 2.45) is 0 Å². The molecule has 0 atom stereocenters. The zero-order valence-corrected chi connectivity index (χ0v) is 14.3. The Morgan fingerprint density at radius 3 is 2.46 bits per heavy atom. The number of hydrogen-bond donors (Lipinski definition) is 2. The van der Waals surface area contributed by atoms with Crippen molar-refractivity contribution in [3.05, 3.63) is 59.7 Å². The molecule has 6 heteroatoms. The highest BCUT2D eigenvalue weighted by Crippen LogP contribution is 2.12. The number of carbonyl (C=O) groups excluding carboxylic acids is 2. The predicted molar refractivity (Wildman–Crippen MR) is 97.5 cm³/mol. The number of ketones is 1. The van der Waals surface area contributed by atoms with E-state index in [1.807, 2.05) is 12.1 Å². The molecule has 0 aromatic heterocycles. The van der Waals surface area contributed by atoms with Gasteiger partial charge in [0.15, 0.2) is 10.9 Å². The molecule has 2 N–H and O–H groups in total. The highest BCUT2D eigenvalue weighted by atomic mass is 32.1. The van der Waals surface area contributed by atoms with Crippen LogP contribution in [0, 0.1) is 0 Å². The lowest BCUT2D eigenvalue weighted by Crippen LogP contribution is -2.35. The first-order valence-electron chi connectivity index (χ1n) is 7.32. The van der Waals surface area contributed by atoms with E-state index in [9.17, 15) is 9.59 Å². The van der Waals surface area contributed by atoms with Crippen LogP contribution in [0.25, 0.3) is 0 Å². The van der Waals surface area contributed by atoms with Crippen LogP contribution in [0.2, 0.25) is 0 Å². The number of anilines is 1. The maximum Gasteiger partial charge on any atom is 0.230 e. The number of ether oxygens (including phenoxy) is 1. The van der Waals surface area contributed by atoms with E-state index in [1.54, 1.807) is 43.5 Å². The molecule has 0 aliphatic carbocycles. The zero-order valence-electron chi connectivity index (χ0n) is 13.5. The second kappa shape index (κ2) is 8.21. The first kappa shape index (κ1) is 17.6. The highest BCUT2D eigenvalue weighted by Gasteiger charge is 2.07. The molecule has 0 unspecified atom stereocenters. The van der Waals surface area contributed by atoms with Crippen LogP contribution in [-0.4, -0.2) is 23.9 Å². The summed E-state index contributed by atoms with van der Waals surface area (Å²) in [5, 5.41) is 5.71. The number of thiocarbonyl (C=S) groups is 1. The van der Waals surface area contributed by atoms with Crippen LogP contribution in [-0.2, 0) is 11.2 Å². The van der Waals surface area contributed by atoms with Gasteiger partial charge in [0.25, 0.3) is 0 Å². The monoisotopic (exact) mass is 342 g/mol. The second-order valence-electron chi connectivity index (χ2n) is 5.16. The normalized spacial score (nSPS) is 9.92. The maximum absolute atomic E-state index is 12.0. The van der Waals surface area contributed by atoms with Crippen LogP contribution in [0.1, 0.15) is 22.8 Å². The summed E-state index contributed by atoms with van der Waals surface area (Å²) in [7, 11) is 1.59. The molecule has 5 nitrogen and oxygen atoms in total. The Bertz CT molecular complexity index is 757. The van der Waals surface area contributed by atoms with Crippen molar-refractivity contribution in [2.45, 2.75) is 13.3 Å². The van der Waals surface area contributed by atoms with E-state index in [4.69, 9.17) is 17.0 Å². The summed E-state index contributed by atoms with van der Waals surface area (Å²) in [6.07, 6.45) is 0.208. The molecular weight excluding hydrogens is 324 g/mol. The quantitative estimate of drug-likeness (QED) is 0.646. The van der Waals surface area contributed by atoms with Crippen LogP contribution in [0.3, 0.4) is 0 Å². The van der Waals surface area contributed by atoms with Gasteiger partial charge < -0.3 is 15.4 Å². The minimum absolute atomic E-state index is 0.0342. The zero-order chi connectivity index (χ0) is 17.5. The molecule has 0 radical (unpaired) electrons. The van der Waals surface area contributed by atoms with Crippen molar-refractivity contribution >= 4 is 34.7 Å². The van der Waals surface area contributed by atoms with E-state index in [1.165, 1.54) is 6.92 Å². The molecule has 0 aliphatic rings. The summed E-state index contributed by atoms with van der Waals surface area (Å²) in [5.41, 5.74) is 2.08. The van der Waals surface area contributed by atoms with E-state index < -0.39 is 0 Å². The fourth-order valence-electron chi connectivity index (χ4n) is 2.08. The molecule has 1 amide bonds. The molecule has 0 bridgehead atoms. The third-order valence-corrected chi connectivity index (χ3v) is 3.51. The third kappa shape index (κ3) is 5.17. The van der Waals surface area contributed by atoms with Gasteiger partial charge in [-0.2, -0.15) is 0 Å². The topological polar surface area (TPSA) is 67.4 Å². The summed E-state index contributed by atoms with van der Waals surface area (Å²) >= 11 is 5.13. The van der Waals surface area contributed by atoms with E-state index in [2.05, 4.69) is 10.6 Å². The molecular formula is C18H18N2O3S. The summed E-state index contributed by atoms with van der Waals surface area (Å²) in [5.74, 6) is 0.482. The molecule has 2 rings (SSSR count). The highest BCUT2D eigenvalue weighted by molar-refractivity contribution is 7.80. The average molecular weight is 342 g/mol. The maximum atomic E-state index is 12.0. The van der Waals surface area contributed by atoms with Crippen molar-refractivity contribution in [1.29, 1.82) is 0 Å². The smallest absolute Gasteiger partial charge is 0.230 e. The standard InChI is InChI=1S/C18H18N2O3S/c1-12(21)14-4-3-5-15(11-14)19-18(24)20-17(22)10-13-6-8-16(23-2)9-7-13/h3-9,11H,10H2,1-2H3,(H2,19,20,22,24). The van der Waals surface area contributed by atoms with Gasteiger partial charge in [0.1, 0.15) is 5.75 Å². The first-order chi connectivity index (χ1) is 11.5. The van der Waals surface area contributed by atoms with Gasteiger partial charge in [-0.3, -0.25) is 9.59 Å². The first-order valence-corrected chi connectivity index (χ1v) is 7.73. The molecule has 0 fully saturated rings. The fraction of sp³-hybridized carbons (Fsp3) is 0.167. The molecule has 0 saturated heterocycles. The number of amides is 1. The molecule has 124 valence electrons. The molecule has 2 aromatic rings. The summed E-state index contributed by atoms with van der Waals surface area (Å²) in [4.78, 5) is 23.4. The van der Waals surface area contributed by atoms with Crippen LogP contribution < -0.4 is 15.4 Å². The van der Waals surface area contributed by atoms with Gasteiger partial charge in [-0.15, -0.1) is 0 Å². The van der Waals surface area contributed by atoms with E-state index in [-0.39, 0.29) is 23.2 Å². The SMILES string of the molecule is COc1ccc(CC(=O)NC(=S)Nc2cccc(C(C)=O)c2)cc1. The van der Waals surface area contributed by atoms with E-state index in [0.717, 1.165) is 11.3 Å². The van der Waals surface area contributed by atoms with E-state index in [0.29, 0.717) is 11.3 Å². The number of Topliss-reactive ketones (excluding diaryl/α,β-unsaturated/α-hetero) is 1. The van der Waals surface area contributed by atoms with Crippen molar-refractivity contribution < 1.29 is 14.3 Å². The van der Waals surface area contributed by atoms with Crippen LogP contribution >= 0.6 is 12.2 Å². The van der Waals surface area contributed by atoms with Crippen molar-refractivity contribution in [1.82, 2.24) is 5.32 Å². The van der Waals surface area contributed by atoms with E-state index >= 15 is 0 Å². The number of nitrogens with one attached hydrogen (secondary N) is 2. The number of benzene rings is 2. The lowest BCUT2D eigenvalue weighted by molar-refractivity contribution is -0.119. The largest absolute Gasteiger partial charge is 0.497 e. The van der Waals surface area contributed by atoms with Gasteiger partial charge in [0, 0.05) is 11.3 Å². The Morgan fingerprint density at radius 1 is 1.12 bits per heavy atom. The lowest BCUT2D eigenvalue weighted by atomic mass is 10.1. The Balaban J connectivity index is 1.90. The fourth-order valence-corrected chi connectivity index (χ4v) is 2.31. The molecule has 0 spiro atoms. The summed E-state index contributed by atoms with van der Waals surface area (Å²) < 4.78 is 5.08. The van der Waals surface area contributed by atoms with Gasteiger partial charge in [0.2, 0.25) is 5.91 Å². The Morgan fingerprint density at radius 2 is 1.83 bits per heavy atom. The van der Waals surface area contributed by atoms with Crippen LogP contribution in [0.4, 0.5) is 5.69 Å². The van der Waals surface area contributed by atoms with Crippen molar-refractivity contribution in [3.63, 3.8) is 0 Å². The molecule has 24 heavy (non-hydrogen) atoms. The van der Waals surface area contributed by atoms with Crippen molar-refractivity contribution in [3.8, 4) is 5.75 Å². The summed E-state index contributed by atoms with van der Waals surface area (Å²) in [6.45, 7) is 1.49. The third-order valence-electron chi connectivity index (χ3n) is 3.30. The lowest BCUT2D eigenvalue weighted by Gasteiger charge is -2.10. The second-order valence-corrected chi connectivity index (χ2v) is 5.57. The van der Waals surface area contributed by atoms with Gasteiger partial charge in [0.05, 0.1) is 13.5 Å². The average Bonchev–Trinajstić information content (AvgIpc) is 2.55. The molecule has 0 heterocycles. The van der Waals surface area contributed by atoms with Crippen molar-refractivity contribution in [2.75, 3.05) is 12.4 Å². The van der Waals surface area contributed by atoms with Crippen LogP contribution in [0.5, 0.6) is 5.75 Å². The summed E-state index contributed by atoms with van der Waals surface area (Å²) in [6, 6.07) is 14.2. The molecule has 0 saturated carbocycles. The number of carbonyl (C=O) groups is 2. The van der Waals surface area contributed by atoms with Gasteiger partial charge in [-0.1, -0.05) is 24.3 Å². The predicted octanol–water partition coefficient (Wildman–Crippen LogP) is 2.95. The Kier molecular flexibility index (Phi) is 6.03. The Labute approximate surface area is 146 Å². The molecule has 2 aromatic carbocycles. The minimum atomic E-state index is -0.222. The number of methoxy groups -OCH3 is 1. The number of rotatable bonds is 5.